The molecule has 4 rings (SSSR count). The van der Waals surface area contributed by atoms with Crippen molar-refractivity contribution in [3.63, 3.8) is 0 Å². The Morgan fingerprint density at radius 2 is 1.80 bits per heavy atom. The van der Waals surface area contributed by atoms with Crippen LogP contribution in [0.3, 0.4) is 0 Å². The molecule has 0 bridgehead atoms. The van der Waals surface area contributed by atoms with Crippen LogP contribution in [0, 0.1) is 5.82 Å². The van der Waals surface area contributed by atoms with E-state index in [4.69, 9.17) is 4.98 Å². The summed E-state index contributed by atoms with van der Waals surface area (Å²) in [5, 5.41) is 0.921. The summed E-state index contributed by atoms with van der Waals surface area (Å²) in [6.07, 6.45) is 0.977. The summed E-state index contributed by atoms with van der Waals surface area (Å²) < 4.78 is 39.1. The normalized spacial score (nSPS) is 15.0. The number of carbonyl (C=O) groups is 1. The van der Waals surface area contributed by atoms with Crippen molar-refractivity contribution in [1.29, 1.82) is 0 Å². The molecule has 0 aliphatic carbocycles. The number of rotatable bonds is 5. The zero-order chi connectivity index (χ0) is 21.3. The van der Waals surface area contributed by atoms with E-state index >= 15 is 0 Å². The SMILES string of the molecule is CCc1ccc2nc(N3CCN(C(=O)CS(=O)(=O)c4ccc(F)cc4)CC3)sc2c1. The van der Waals surface area contributed by atoms with Gasteiger partial charge in [-0.1, -0.05) is 24.3 Å². The van der Waals surface area contributed by atoms with Crippen molar-refractivity contribution in [2.45, 2.75) is 18.2 Å². The van der Waals surface area contributed by atoms with Crippen molar-refractivity contribution >= 4 is 42.4 Å². The molecular formula is C21H22FN3O3S2. The molecule has 6 nitrogen and oxygen atoms in total. The van der Waals surface area contributed by atoms with Gasteiger partial charge in [0.1, 0.15) is 11.6 Å². The molecule has 0 atom stereocenters. The molecule has 1 amide bonds. The zero-order valence-corrected chi connectivity index (χ0v) is 18.2. The highest BCUT2D eigenvalue weighted by Gasteiger charge is 2.27. The quantitative estimate of drug-likeness (QED) is 0.562. The third-order valence-corrected chi connectivity index (χ3v) is 7.94. The van der Waals surface area contributed by atoms with Gasteiger partial charge in [0.25, 0.3) is 0 Å². The van der Waals surface area contributed by atoms with Gasteiger partial charge in [-0.2, -0.15) is 0 Å². The molecule has 9 heteroatoms. The maximum absolute atomic E-state index is 13.0. The van der Waals surface area contributed by atoms with Crippen LogP contribution in [0.2, 0.25) is 0 Å². The lowest BCUT2D eigenvalue weighted by Crippen LogP contribution is -2.50. The second kappa shape index (κ2) is 8.31. The van der Waals surface area contributed by atoms with Gasteiger partial charge in [-0.15, -0.1) is 0 Å². The number of hydrogen-bond donors (Lipinski definition) is 0. The average Bonchev–Trinajstić information content (AvgIpc) is 3.17. The number of piperazine rings is 1. The Kier molecular flexibility index (Phi) is 5.75. The maximum Gasteiger partial charge on any atom is 0.238 e. The molecule has 1 aliphatic rings. The van der Waals surface area contributed by atoms with Crippen molar-refractivity contribution in [1.82, 2.24) is 9.88 Å². The predicted octanol–water partition coefficient (Wildman–Crippen LogP) is 3.12. The molecule has 1 saturated heterocycles. The van der Waals surface area contributed by atoms with Crippen LogP contribution in [-0.2, 0) is 21.1 Å². The van der Waals surface area contributed by atoms with E-state index in [1.807, 2.05) is 6.07 Å². The Balaban J connectivity index is 1.39. The smallest absolute Gasteiger partial charge is 0.238 e. The van der Waals surface area contributed by atoms with Crippen molar-refractivity contribution in [3.8, 4) is 0 Å². The molecule has 0 N–H and O–H groups in total. The Morgan fingerprint density at radius 1 is 1.10 bits per heavy atom. The number of benzene rings is 2. The third-order valence-electron chi connectivity index (χ3n) is 5.24. The van der Waals surface area contributed by atoms with E-state index in [1.54, 1.807) is 16.2 Å². The van der Waals surface area contributed by atoms with E-state index in [9.17, 15) is 17.6 Å². The van der Waals surface area contributed by atoms with Gasteiger partial charge >= 0.3 is 0 Å². The second-order valence-corrected chi connectivity index (χ2v) is 10.2. The highest BCUT2D eigenvalue weighted by Crippen LogP contribution is 2.30. The fraction of sp³-hybridized carbons (Fsp3) is 0.333. The number of sulfone groups is 1. The molecule has 0 radical (unpaired) electrons. The van der Waals surface area contributed by atoms with Gasteiger partial charge in [0.05, 0.1) is 15.1 Å². The Bertz CT molecular complexity index is 1170. The topological polar surface area (TPSA) is 70.6 Å². The molecule has 0 saturated carbocycles. The number of aryl methyl sites for hydroxylation is 1. The monoisotopic (exact) mass is 447 g/mol. The van der Waals surface area contributed by atoms with Crippen LogP contribution in [0.25, 0.3) is 10.2 Å². The summed E-state index contributed by atoms with van der Waals surface area (Å²) in [5.41, 5.74) is 2.24. The van der Waals surface area contributed by atoms with E-state index in [1.165, 1.54) is 17.7 Å². The van der Waals surface area contributed by atoms with E-state index in [0.717, 1.165) is 33.9 Å². The molecule has 1 aliphatic heterocycles. The van der Waals surface area contributed by atoms with E-state index in [0.29, 0.717) is 26.2 Å². The molecule has 3 aromatic rings. The minimum absolute atomic E-state index is 0.0446. The standard InChI is InChI=1S/C21H22FN3O3S2/c1-2-15-3-8-18-19(13-15)29-21(23-18)25-11-9-24(10-12-25)20(26)14-30(27,28)17-6-4-16(22)5-7-17/h3-8,13H,2,9-12,14H2,1H3. The Hall–Kier alpha value is -2.52. The van der Waals surface area contributed by atoms with Gasteiger partial charge in [0, 0.05) is 26.2 Å². The molecule has 1 aromatic heterocycles. The highest BCUT2D eigenvalue weighted by molar-refractivity contribution is 7.92. The van der Waals surface area contributed by atoms with E-state index in [-0.39, 0.29) is 4.90 Å². The Morgan fingerprint density at radius 3 is 2.47 bits per heavy atom. The number of hydrogen-bond acceptors (Lipinski definition) is 6. The lowest BCUT2D eigenvalue weighted by Gasteiger charge is -2.34. The summed E-state index contributed by atoms with van der Waals surface area (Å²) >= 11 is 1.64. The number of fused-ring (bicyclic) bond motifs is 1. The van der Waals surface area contributed by atoms with Gasteiger partial charge in [-0.25, -0.2) is 17.8 Å². The maximum atomic E-state index is 13.0. The molecule has 0 unspecified atom stereocenters. The number of aromatic nitrogens is 1. The minimum Gasteiger partial charge on any atom is -0.345 e. The van der Waals surface area contributed by atoms with Crippen LogP contribution in [0.4, 0.5) is 9.52 Å². The molecule has 30 heavy (non-hydrogen) atoms. The summed E-state index contributed by atoms with van der Waals surface area (Å²) in [6, 6.07) is 10.8. The molecule has 2 heterocycles. The molecule has 2 aromatic carbocycles. The van der Waals surface area contributed by atoms with Gasteiger partial charge in [-0.05, 0) is 48.4 Å². The second-order valence-electron chi connectivity index (χ2n) is 7.23. The van der Waals surface area contributed by atoms with Gasteiger partial charge < -0.3 is 9.80 Å². The summed E-state index contributed by atoms with van der Waals surface area (Å²) in [4.78, 5) is 20.9. The predicted molar refractivity (Wildman–Crippen MR) is 116 cm³/mol. The molecule has 1 fully saturated rings. The van der Waals surface area contributed by atoms with Gasteiger partial charge in [0.15, 0.2) is 15.0 Å². The fourth-order valence-electron chi connectivity index (χ4n) is 3.44. The summed E-state index contributed by atoms with van der Waals surface area (Å²) in [6.45, 7) is 4.20. The largest absolute Gasteiger partial charge is 0.345 e. The van der Waals surface area contributed by atoms with Gasteiger partial charge in [0.2, 0.25) is 5.91 Å². The zero-order valence-electron chi connectivity index (χ0n) is 16.5. The third kappa shape index (κ3) is 4.32. The number of nitrogens with zero attached hydrogens (tertiary/aromatic N) is 3. The van der Waals surface area contributed by atoms with Crippen LogP contribution in [0.5, 0.6) is 0 Å². The number of thiazole rings is 1. The lowest BCUT2D eigenvalue weighted by atomic mass is 10.2. The average molecular weight is 448 g/mol. The fourth-order valence-corrected chi connectivity index (χ4v) is 5.74. The van der Waals surface area contributed by atoms with Crippen LogP contribution >= 0.6 is 11.3 Å². The first kappa shape index (κ1) is 20.7. The molecule has 158 valence electrons. The minimum atomic E-state index is -3.80. The molecular weight excluding hydrogens is 425 g/mol. The van der Waals surface area contributed by atoms with Crippen LogP contribution in [0.15, 0.2) is 47.4 Å². The van der Waals surface area contributed by atoms with Crippen LogP contribution in [0.1, 0.15) is 12.5 Å². The van der Waals surface area contributed by atoms with E-state index < -0.39 is 27.3 Å². The number of carbonyl (C=O) groups excluding carboxylic acids is 1. The van der Waals surface area contributed by atoms with Crippen molar-refractivity contribution in [2.75, 3.05) is 36.8 Å². The Labute approximate surface area is 178 Å². The number of amides is 1. The van der Waals surface area contributed by atoms with Crippen molar-refractivity contribution in [2.24, 2.45) is 0 Å². The van der Waals surface area contributed by atoms with Crippen LogP contribution in [-0.4, -0.2) is 56.1 Å². The summed E-state index contributed by atoms with van der Waals surface area (Å²) in [5.74, 6) is -1.56. The van der Waals surface area contributed by atoms with Gasteiger partial charge in [-0.3, -0.25) is 4.79 Å². The van der Waals surface area contributed by atoms with Crippen molar-refractivity contribution in [3.05, 3.63) is 53.8 Å². The first-order valence-corrected chi connectivity index (χ1v) is 12.2. The van der Waals surface area contributed by atoms with E-state index in [2.05, 4.69) is 24.0 Å². The first-order valence-electron chi connectivity index (χ1n) is 9.76. The first-order chi connectivity index (χ1) is 14.4. The van der Waals surface area contributed by atoms with Crippen LogP contribution < -0.4 is 4.90 Å². The molecule has 0 spiro atoms. The lowest BCUT2D eigenvalue weighted by molar-refractivity contribution is -0.128. The number of anilines is 1. The summed E-state index contributed by atoms with van der Waals surface area (Å²) in [7, 11) is -3.80. The van der Waals surface area contributed by atoms with Crippen molar-refractivity contribution < 1.29 is 17.6 Å². The number of halogens is 1. The highest BCUT2D eigenvalue weighted by atomic mass is 32.2.